The highest BCUT2D eigenvalue weighted by molar-refractivity contribution is 6.21. The fraction of sp³-hybridized carbons (Fsp3) is 0.630. The van der Waals surface area contributed by atoms with Crippen LogP contribution in [0.25, 0.3) is 10.8 Å². The summed E-state index contributed by atoms with van der Waals surface area (Å²) in [4.78, 5) is 69.6. The number of Topliss-reactive ketones (excluding diaryl/α,β-unsaturated/α-hetero) is 1. The van der Waals surface area contributed by atoms with Crippen LogP contribution >= 0.6 is 0 Å². The number of ether oxygens (including phenoxy) is 5. The summed E-state index contributed by atoms with van der Waals surface area (Å²) in [6, 6.07) is 0. The standard InChI is InChI=1S/C54H75N5O13/c1-28(2)26-59-22-18-54(19-23-59)56-42-39-40-47(64)34(8)50-41(39)51(66)53(9,72-50)70-24-17-36(68-11)31(5)49(71-38(61)25-37(60)69-27-35-15-20-58(10)21-16-35)33(7)46(63)32(6)45(62)29(3)13-12-14-30(4)52(67)55-44(48(40)65)43(42)57-54/h12-14,17,24,28-29,31-33,35-36,45-46,49,56,62-65H,15-16,18-23,25-27H2,1-11H3/b13-12+,24-17+,30-14-,55-44?/t29-,31+,32+,33+,36-,45-,46+,49+,53-/m0/s1. The SMILES string of the molecule is CO[C@H]1/C=C/O[C@@]2(C)Oc3c(C)c(O)c4c(O)c(c5c(c4c3C2=O)NC2(CCN(CC(C)C)CC2)N=5)=NC(=O)/C(C)=C\C=C\[C@H](C)[C@H](O)[C@@H](C)[C@@H](O)[C@@H](C)[C@H](OC(=O)CC(=O)OCC2CCN(C)CC2)[C@@H]1C. The molecule has 0 saturated carbocycles. The van der Waals surface area contributed by atoms with Gasteiger partial charge in [0.05, 0.1) is 47.8 Å². The molecule has 1 spiro atoms. The number of hydrogen-bond acceptors (Lipinski definition) is 17. The minimum absolute atomic E-state index is 0.0232. The predicted octanol–water partition coefficient (Wildman–Crippen LogP) is 5.00. The molecule has 6 heterocycles. The van der Waals surface area contributed by atoms with Crippen LogP contribution in [0.2, 0.25) is 0 Å². The molecule has 18 nitrogen and oxygen atoms in total. The molecular formula is C54H75N5O13. The molecule has 0 aliphatic carbocycles. The minimum Gasteiger partial charge on any atom is -0.507 e. The van der Waals surface area contributed by atoms with E-state index in [4.69, 9.17) is 28.7 Å². The number of fused-ring (bicyclic) bond motifs is 13. The average molecular weight is 1000 g/mol. The summed E-state index contributed by atoms with van der Waals surface area (Å²) < 4.78 is 30.0. The van der Waals surface area contributed by atoms with Gasteiger partial charge in [-0.3, -0.25) is 24.2 Å². The molecule has 72 heavy (non-hydrogen) atoms. The smallest absolute Gasteiger partial charge is 0.317 e. The van der Waals surface area contributed by atoms with Crippen LogP contribution in [-0.2, 0) is 33.3 Å². The van der Waals surface area contributed by atoms with Crippen LogP contribution in [0.5, 0.6) is 17.2 Å². The van der Waals surface area contributed by atoms with Gasteiger partial charge >= 0.3 is 17.7 Å². The number of methoxy groups -OCH3 is 1. The number of piperidine rings is 2. The fourth-order valence-electron chi connectivity index (χ4n) is 10.8. The Hall–Kier alpha value is -5.40. The highest BCUT2D eigenvalue weighted by atomic mass is 16.7. The zero-order valence-corrected chi connectivity index (χ0v) is 43.7. The summed E-state index contributed by atoms with van der Waals surface area (Å²) in [7, 11) is 3.47. The first-order chi connectivity index (χ1) is 34.0. The topological polar surface area (TPSA) is 239 Å². The van der Waals surface area contributed by atoms with Crippen LogP contribution in [0.15, 0.2) is 46.1 Å². The molecular weight excluding hydrogens is 927 g/mol. The van der Waals surface area contributed by atoms with Gasteiger partial charge in [-0.25, -0.2) is 4.99 Å². The van der Waals surface area contributed by atoms with Gasteiger partial charge in [0.15, 0.2) is 5.75 Å². The van der Waals surface area contributed by atoms with Gasteiger partial charge in [0.1, 0.15) is 40.4 Å². The van der Waals surface area contributed by atoms with Crippen molar-refractivity contribution in [1.82, 2.24) is 9.80 Å². The Bertz CT molecular complexity index is 2630. The molecule has 2 aromatic carbocycles. The monoisotopic (exact) mass is 1000 g/mol. The van der Waals surface area contributed by atoms with E-state index in [1.54, 1.807) is 53.7 Å². The number of nitrogens with zero attached hydrogens (tertiary/aromatic N) is 4. The third kappa shape index (κ3) is 11.1. The zero-order valence-electron chi connectivity index (χ0n) is 43.7. The lowest BCUT2D eigenvalue weighted by molar-refractivity contribution is -0.168. The summed E-state index contributed by atoms with van der Waals surface area (Å²) in [5.41, 5.74) is -0.249. The van der Waals surface area contributed by atoms with Crippen LogP contribution < -0.4 is 20.8 Å². The molecule has 2 aromatic rings. The van der Waals surface area contributed by atoms with Crippen LogP contribution in [0.3, 0.4) is 0 Å². The lowest BCUT2D eigenvalue weighted by Gasteiger charge is -2.38. The number of aliphatic hydroxyl groups is 2. The van der Waals surface area contributed by atoms with Gasteiger partial charge in [-0.2, -0.15) is 0 Å². The number of phenols is 2. The van der Waals surface area contributed by atoms with Crippen molar-refractivity contribution in [2.45, 2.75) is 130 Å². The van der Waals surface area contributed by atoms with E-state index in [9.17, 15) is 39.6 Å². The maximum absolute atomic E-state index is 14.9. The van der Waals surface area contributed by atoms with E-state index >= 15 is 0 Å². The molecule has 18 heteroatoms. The van der Waals surface area contributed by atoms with Crippen molar-refractivity contribution < 1.29 is 63.3 Å². The van der Waals surface area contributed by atoms with Crippen molar-refractivity contribution >= 4 is 40.1 Å². The zero-order chi connectivity index (χ0) is 52.6. The highest BCUT2D eigenvalue weighted by Gasteiger charge is 2.51. The number of aliphatic hydroxyl groups excluding tert-OH is 2. The molecule has 6 aliphatic rings. The third-order valence-electron chi connectivity index (χ3n) is 15.5. The number of benzene rings is 2. The van der Waals surface area contributed by atoms with Crippen molar-refractivity contribution in [3.63, 3.8) is 0 Å². The Labute approximate surface area is 421 Å². The number of rotatable bonds is 8. The van der Waals surface area contributed by atoms with Gasteiger partial charge in [0, 0.05) is 86.7 Å². The molecule has 8 rings (SSSR count). The maximum atomic E-state index is 14.9. The van der Waals surface area contributed by atoms with E-state index in [0.717, 1.165) is 32.5 Å². The summed E-state index contributed by atoms with van der Waals surface area (Å²) in [6.45, 7) is 20.0. The van der Waals surface area contributed by atoms with E-state index in [1.165, 1.54) is 32.4 Å². The van der Waals surface area contributed by atoms with Crippen molar-refractivity contribution in [2.24, 2.45) is 45.5 Å². The Morgan fingerprint density at radius 2 is 1.60 bits per heavy atom. The second-order valence-electron chi connectivity index (χ2n) is 21.5. The highest BCUT2D eigenvalue weighted by Crippen LogP contribution is 2.51. The van der Waals surface area contributed by atoms with Gasteiger partial charge < -0.3 is 59.2 Å². The Morgan fingerprint density at radius 3 is 2.25 bits per heavy atom. The Kier molecular flexibility index (Phi) is 16.6. The number of nitrogens with one attached hydrogen (secondary N) is 1. The first-order valence-electron chi connectivity index (χ1n) is 25.4. The number of anilines is 1. The van der Waals surface area contributed by atoms with Crippen molar-refractivity contribution in [3.05, 3.63) is 58.0 Å². The number of hydrogen-bond donors (Lipinski definition) is 5. The Balaban J connectivity index is 1.28. The maximum Gasteiger partial charge on any atom is 0.317 e. The fourth-order valence-corrected chi connectivity index (χ4v) is 10.8. The van der Waals surface area contributed by atoms with Crippen molar-refractivity contribution in [2.75, 3.05) is 58.8 Å². The number of ketones is 1. The first-order valence-corrected chi connectivity index (χ1v) is 25.4. The molecule has 0 unspecified atom stereocenters. The quantitative estimate of drug-likeness (QED) is 0.133. The van der Waals surface area contributed by atoms with E-state index in [-0.39, 0.29) is 56.5 Å². The molecule has 9 atom stereocenters. The number of allylic oxidation sites excluding steroid dienone is 2. The van der Waals surface area contributed by atoms with Crippen LogP contribution in [0.1, 0.15) is 103 Å². The minimum atomic E-state index is -2.02. The van der Waals surface area contributed by atoms with E-state index in [1.807, 2.05) is 7.05 Å². The molecule has 1 amide bonds. The number of likely N-dealkylation sites (tertiary alicyclic amines) is 2. The van der Waals surface area contributed by atoms with Crippen molar-refractivity contribution in [1.29, 1.82) is 0 Å². The number of phenolic OH excluding ortho intramolecular Hbond substituents is 2. The molecule has 394 valence electrons. The summed E-state index contributed by atoms with van der Waals surface area (Å²) in [5.74, 6) is -8.14. The molecule has 0 aromatic heterocycles. The molecule has 2 saturated heterocycles. The average Bonchev–Trinajstić information content (AvgIpc) is 3.84. The molecule has 5 N–H and O–H groups in total. The Morgan fingerprint density at radius 1 is 0.917 bits per heavy atom. The summed E-state index contributed by atoms with van der Waals surface area (Å²) in [6.07, 6.45) is 5.41. The third-order valence-corrected chi connectivity index (χ3v) is 15.5. The van der Waals surface area contributed by atoms with Crippen LogP contribution in [-0.4, -0.2) is 143 Å². The lowest BCUT2D eigenvalue weighted by atomic mass is 9.78. The van der Waals surface area contributed by atoms with Gasteiger partial charge in [-0.1, -0.05) is 59.8 Å². The summed E-state index contributed by atoms with van der Waals surface area (Å²) in [5, 5.41) is 51.2. The van der Waals surface area contributed by atoms with E-state index < -0.39 is 101 Å². The number of carbonyl (C=O) groups excluding carboxylic acids is 4. The first kappa shape index (κ1) is 54.4. The van der Waals surface area contributed by atoms with Crippen LogP contribution in [0.4, 0.5) is 5.69 Å². The molecule has 6 aliphatic heterocycles. The number of esters is 2. The second-order valence-corrected chi connectivity index (χ2v) is 21.5. The number of carbonyl (C=O) groups is 4. The van der Waals surface area contributed by atoms with Gasteiger partial charge in [-0.15, -0.1) is 0 Å². The summed E-state index contributed by atoms with van der Waals surface area (Å²) >= 11 is 0. The van der Waals surface area contributed by atoms with E-state index in [0.29, 0.717) is 37.5 Å². The van der Waals surface area contributed by atoms with Gasteiger partial charge in [0.25, 0.3) is 11.7 Å². The van der Waals surface area contributed by atoms with Gasteiger partial charge in [0.2, 0.25) is 0 Å². The van der Waals surface area contributed by atoms with Crippen molar-refractivity contribution in [3.8, 4) is 17.2 Å². The molecule has 2 fully saturated rings. The largest absolute Gasteiger partial charge is 0.507 e. The predicted molar refractivity (Wildman–Crippen MR) is 268 cm³/mol. The van der Waals surface area contributed by atoms with Gasteiger partial charge in [-0.05, 0) is 64.7 Å². The second kappa shape index (κ2) is 22.0. The molecule has 5 bridgehead atoms. The normalized spacial score (nSPS) is 31.2. The number of aromatic hydroxyl groups is 2. The van der Waals surface area contributed by atoms with E-state index in [2.05, 4.69) is 34.0 Å². The lowest BCUT2D eigenvalue weighted by Crippen LogP contribution is -2.47. The van der Waals surface area contributed by atoms with Crippen LogP contribution in [0, 0.1) is 42.4 Å². The number of amides is 1. The molecule has 0 radical (unpaired) electrons.